The number of aryl methyl sites for hydroxylation is 1. The summed E-state index contributed by atoms with van der Waals surface area (Å²) in [5, 5.41) is 17.9. The van der Waals surface area contributed by atoms with Gasteiger partial charge in [-0.3, -0.25) is 15.5 Å². The molecule has 7 heteroatoms. The Balaban J connectivity index is 1.90. The maximum Gasteiger partial charge on any atom is 0.269 e. The van der Waals surface area contributed by atoms with Crippen molar-refractivity contribution in [2.24, 2.45) is 5.10 Å². The molecule has 2 aromatic carbocycles. The Bertz CT molecular complexity index is 714. The monoisotopic (exact) mass is 314 g/mol. The van der Waals surface area contributed by atoms with Crippen LogP contribution in [0.25, 0.3) is 0 Å². The van der Waals surface area contributed by atoms with Crippen LogP contribution >= 0.6 is 12.2 Å². The molecule has 0 aromatic heterocycles. The summed E-state index contributed by atoms with van der Waals surface area (Å²) in [6.45, 7) is 1.98. The van der Waals surface area contributed by atoms with Gasteiger partial charge in [-0.05, 0) is 48.5 Å². The number of non-ortho nitro benzene ring substituents is 1. The third-order valence-corrected chi connectivity index (χ3v) is 3.07. The van der Waals surface area contributed by atoms with Gasteiger partial charge in [0.15, 0.2) is 5.11 Å². The van der Waals surface area contributed by atoms with Crippen molar-refractivity contribution >= 4 is 34.9 Å². The largest absolute Gasteiger partial charge is 0.331 e. The van der Waals surface area contributed by atoms with E-state index in [-0.39, 0.29) is 5.69 Å². The highest BCUT2D eigenvalue weighted by atomic mass is 32.1. The van der Waals surface area contributed by atoms with E-state index in [2.05, 4.69) is 15.8 Å². The predicted octanol–water partition coefficient (Wildman–Crippen LogP) is 3.22. The Labute approximate surface area is 133 Å². The molecule has 0 amide bonds. The average Bonchev–Trinajstić information content (AvgIpc) is 2.50. The molecule has 0 heterocycles. The van der Waals surface area contributed by atoms with Crippen LogP contribution < -0.4 is 10.7 Å². The van der Waals surface area contributed by atoms with Gasteiger partial charge in [0.05, 0.1) is 11.1 Å². The summed E-state index contributed by atoms with van der Waals surface area (Å²) in [5.41, 5.74) is 5.46. The molecule has 2 aromatic rings. The molecule has 0 spiro atoms. The summed E-state index contributed by atoms with van der Waals surface area (Å²) in [5.74, 6) is 0. The lowest BCUT2D eigenvalue weighted by Gasteiger charge is -2.09. The molecule has 0 fully saturated rings. The van der Waals surface area contributed by atoms with E-state index in [0.717, 1.165) is 16.8 Å². The number of para-hydroxylation sites is 1. The van der Waals surface area contributed by atoms with Crippen LogP contribution in [0, 0.1) is 17.0 Å². The number of nitrogens with zero attached hydrogens (tertiary/aromatic N) is 2. The van der Waals surface area contributed by atoms with Crippen LogP contribution in [-0.2, 0) is 0 Å². The van der Waals surface area contributed by atoms with Crippen molar-refractivity contribution in [1.82, 2.24) is 5.43 Å². The van der Waals surface area contributed by atoms with Crippen LogP contribution in [0.15, 0.2) is 53.6 Å². The highest BCUT2D eigenvalue weighted by Crippen LogP contribution is 2.13. The molecule has 0 saturated carbocycles. The van der Waals surface area contributed by atoms with Gasteiger partial charge in [0.2, 0.25) is 0 Å². The number of nitro groups is 1. The Morgan fingerprint density at radius 1 is 1.23 bits per heavy atom. The topological polar surface area (TPSA) is 79.6 Å². The number of anilines is 1. The molecule has 0 aliphatic heterocycles. The van der Waals surface area contributed by atoms with Crippen LogP contribution in [0.4, 0.5) is 11.4 Å². The Morgan fingerprint density at radius 3 is 2.55 bits per heavy atom. The molecule has 2 N–H and O–H groups in total. The van der Waals surface area contributed by atoms with Gasteiger partial charge < -0.3 is 5.32 Å². The van der Waals surface area contributed by atoms with Gasteiger partial charge >= 0.3 is 0 Å². The maximum atomic E-state index is 10.6. The zero-order chi connectivity index (χ0) is 15.9. The third kappa shape index (κ3) is 4.35. The fourth-order valence-corrected chi connectivity index (χ4v) is 1.87. The number of hydrogen-bond donors (Lipinski definition) is 2. The summed E-state index contributed by atoms with van der Waals surface area (Å²) in [6.07, 6.45) is 1.54. The second-order valence-electron chi connectivity index (χ2n) is 4.49. The fraction of sp³-hybridized carbons (Fsp3) is 0.0667. The van der Waals surface area contributed by atoms with Crippen LogP contribution in [0.3, 0.4) is 0 Å². The van der Waals surface area contributed by atoms with Crippen molar-refractivity contribution in [3.8, 4) is 0 Å². The highest BCUT2D eigenvalue weighted by Gasteiger charge is 2.02. The first-order valence-electron chi connectivity index (χ1n) is 6.46. The quantitative estimate of drug-likeness (QED) is 0.392. The molecular weight excluding hydrogens is 300 g/mol. The van der Waals surface area contributed by atoms with Gasteiger partial charge in [0.1, 0.15) is 0 Å². The molecule has 2 rings (SSSR count). The highest BCUT2D eigenvalue weighted by molar-refractivity contribution is 7.80. The lowest BCUT2D eigenvalue weighted by molar-refractivity contribution is -0.384. The Hall–Kier alpha value is -2.80. The average molecular weight is 314 g/mol. The van der Waals surface area contributed by atoms with Crippen molar-refractivity contribution in [2.75, 3.05) is 5.32 Å². The molecule has 6 nitrogen and oxygen atoms in total. The van der Waals surface area contributed by atoms with Crippen molar-refractivity contribution in [3.05, 3.63) is 69.8 Å². The lowest BCUT2D eigenvalue weighted by Crippen LogP contribution is -2.24. The van der Waals surface area contributed by atoms with Crippen LogP contribution in [0.2, 0.25) is 0 Å². The number of nitro benzene ring substituents is 1. The van der Waals surface area contributed by atoms with Crippen LogP contribution in [0.5, 0.6) is 0 Å². The number of hydrazone groups is 1. The standard InChI is InChI=1S/C15H14N4O2S/c1-11-4-2-3-5-14(11)17-15(22)18-16-10-12-6-8-13(9-7-12)19(20)21/h2-10H,1H3,(H2,17,18,22)/b16-10-. The summed E-state index contributed by atoms with van der Waals surface area (Å²) in [7, 11) is 0. The predicted molar refractivity (Wildman–Crippen MR) is 91.2 cm³/mol. The number of nitrogens with one attached hydrogen (secondary N) is 2. The Morgan fingerprint density at radius 2 is 1.91 bits per heavy atom. The van der Waals surface area contributed by atoms with Gasteiger partial charge in [-0.15, -0.1) is 0 Å². The number of benzene rings is 2. The zero-order valence-electron chi connectivity index (χ0n) is 11.8. The fourth-order valence-electron chi connectivity index (χ4n) is 1.71. The second kappa shape index (κ2) is 7.28. The van der Waals surface area contributed by atoms with E-state index < -0.39 is 4.92 Å². The van der Waals surface area contributed by atoms with Gasteiger partial charge in [-0.25, -0.2) is 0 Å². The van der Waals surface area contributed by atoms with Gasteiger partial charge in [-0.2, -0.15) is 5.10 Å². The first kappa shape index (κ1) is 15.6. The molecule has 0 atom stereocenters. The molecule has 0 bridgehead atoms. The molecule has 112 valence electrons. The minimum atomic E-state index is -0.444. The van der Waals surface area contributed by atoms with E-state index in [0.29, 0.717) is 5.11 Å². The molecule has 0 saturated heterocycles. The minimum Gasteiger partial charge on any atom is -0.331 e. The third-order valence-electron chi connectivity index (χ3n) is 2.88. The zero-order valence-corrected chi connectivity index (χ0v) is 12.6. The summed E-state index contributed by atoms with van der Waals surface area (Å²) in [4.78, 5) is 10.1. The summed E-state index contributed by atoms with van der Waals surface area (Å²) < 4.78 is 0. The van der Waals surface area contributed by atoms with Crippen molar-refractivity contribution in [2.45, 2.75) is 6.92 Å². The smallest absolute Gasteiger partial charge is 0.269 e. The number of rotatable bonds is 4. The summed E-state index contributed by atoms with van der Waals surface area (Å²) >= 11 is 5.14. The van der Waals surface area contributed by atoms with Gasteiger partial charge in [-0.1, -0.05) is 18.2 Å². The van der Waals surface area contributed by atoms with Crippen LogP contribution in [-0.4, -0.2) is 16.3 Å². The first-order valence-corrected chi connectivity index (χ1v) is 6.87. The molecule has 22 heavy (non-hydrogen) atoms. The molecule has 0 aliphatic rings. The molecule has 0 aliphatic carbocycles. The SMILES string of the molecule is Cc1ccccc1NC(=S)N/N=C\c1ccc([N+](=O)[O-])cc1. The van der Waals surface area contributed by atoms with E-state index in [1.807, 2.05) is 31.2 Å². The molecule has 0 unspecified atom stereocenters. The number of hydrogen-bond acceptors (Lipinski definition) is 4. The van der Waals surface area contributed by atoms with Crippen molar-refractivity contribution < 1.29 is 4.92 Å². The normalized spacial score (nSPS) is 10.4. The lowest BCUT2D eigenvalue weighted by atomic mass is 10.2. The molecular formula is C15H14N4O2S. The van der Waals surface area contributed by atoms with E-state index >= 15 is 0 Å². The van der Waals surface area contributed by atoms with Crippen LogP contribution in [0.1, 0.15) is 11.1 Å². The van der Waals surface area contributed by atoms with Gasteiger partial charge in [0.25, 0.3) is 5.69 Å². The van der Waals surface area contributed by atoms with E-state index in [1.165, 1.54) is 18.3 Å². The summed E-state index contributed by atoms with van der Waals surface area (Å²) in [6, 6.07) is 13.8. The minimum absolute atomic E-state index is 0.0434. The first-order chi connectivity index (χ1) is 10.6. The second-order valence-corrected chi connectivity index (χ2v) is 4.90. The van der Waals surface area contributed by atoms with Crippen molar-refractivity contribution in [1.29, 1.82) is 0 Å². The van der Waals surface area contributed by atoms with E-state index in [4.69, 9.17) is 12.2 Å². The molecule has 0 radical (unpaired) electrons. The number of thiocarbonyl (C=S) groups is 1. The van der Waals surface area contributed by atoms with E-state index in [1.54, 1.807) is 12.1 Å². The maximum absolute atomic E-state index is 10.6. The Kier molecular flexibility index (Phi) is 5.16. The van der Waals surface area contributed by atoms with Crippen molar-refractivity contribution in [3.63, 3.8) is 0 Å². The van der Waals surface area contributed by atoms with E-state index in [9.17, 15) is 10.1 Å². The van der Waals surface area contributed by atoms with Gasteiger partial charge in [0, 0.05) is 17.8 Å².